The number of carbonyl (C=O) groups excluding carboxylic acids is 1. The van der Waals surface area contributed by atoms with Gasteiger partial charge in [-0.25, -0.2) is 4.79 Å². The third kappa shape index (κ3) is 3.83. The van der Waals surface area contributed by atoms with Crippen molar-refractivity contribution >= 4 is 22.6 Å². The Morgan fingerprint density at radius 1 is 1.17 bits per heavy atom. The predicted molar refractivity (Wildman–Crippen MR) is 94.2 cm³/mol. The highest BCUT2D eigenvalue weighted by atomic mass is 16.4. The fraction of sp³-hybridized carbons (Fsp3) is 0.444. The van der Waals surface area contributed by atoms with Gasteiger partial charge in [-0.3, -0.25) is 9.69 Å². The quantitative estimate of drug-likeness (QED) is 0.868. The van der Waals surface area contributed by atoms with Gasteiger partial charge in [-0.1, -0.05) is 6.92 Å². The van der Waals surface area contributed by atoms with Crippen LogP contribution >= 0.6 is 0 Å². The maximum Gasteiger partial charge on any atom is 0.336 e. The van der Waals surface area contributed by atoms with Crippen molar-refractivity contribution in [3.05, 3.63) is 40.2 Å². The summed E-state index contributed by atoms with van der Waals surface area (Å²) >= 11 is 0. The van der Waals surface area contributed by atoms with Crippen LogP contribution in [0.5, 0.6) is 0 Å². The lowest BCUT2D eigenvalue weighted by Gasteiger charge is -2.34. The average molecular weight is 329 g/mol. The lowest BCUT2D eigenvalue weighted by Crippen LogP contribution is -2.45. The first-order valence-corrected chi connectivity index (χ1v) is 8.34. The number of rotatable bonds is 4. The van der Waals surface area contributed by atoms with E-state index < -0.39 is 0 Å². The first kappa shape index (κ1) is 16.7. The van der Waals surface area contributed by atoms with Crippen molar-refractivity contribution in [3.8, 4) is 0 Å². The number of likely N-dealkylation sites (N-methyl/N-ethyl adjacent to an activating group) is 1. The average Bonchev–Trinajstić information content (AvgIpc) is 2.54. The number of nitrogens with zero attached hydrogens (tertiary/aromatic N) is 2. The molecular formula is C18H23N3O3. The lowest BCUT2D eigenvalue weighted by molar-refractivity contribution is -0.114. The number of piperazine rings is 1. The predicted octanol–water partition coefficient (Wildman–Crippen LogP) is 1.89. The SMILES string of the molecule is CCN1CCN(Cc2cc(=O)oc3cc(NC(C)=O)ccc23)CC1. The zero-order valence-electron chi connectivity index (χ0n) is 14.2. The number of nitrogens with one attached hydrogen (secondary N) is 1. The molecule has 6 nitrogen and oxygen atoms in total. The Bertz CT molecular complexity index is 792. The van der Waals surface area contributed by atoms with Gasteiger partial charge in [-0.15, -0.1) is 0 Å². The van der Waals surface area contributed by atoms with Gasteiger partial charge in [-0.2, -0.15) is 0 Å². The minimum Gasteiger partial charge on any atom is -0.423 e. The van der Waals surface area contributed by atoms with Crippen LogP contribution in [0, 0.1) is 0 Å². The van der Waals surface area contributed by atoms with E-state index in [1.807, 2.05) is 12.1 Å². The van der Waals surface area contributed by atoms with E-state index >= 15 is 0 Å². The minimum atomic E-state index is -0.357. The molecular weight excluding hydrogens is 306 g/mol. The first-order valence-electron chi connectivity index (χ1n) is 8.34. The molecule has 1 aromatic carbocycles. The molecule has 0 atom stereocenters. The second-order valence-electron chi connectivity index (χ2n) is 6.19. The molecule has 1 aliphatic rings. The van der Waals surface area contributed by atoms with Gasteiger partial charge in [0.2, 0.25) is 5.91 Å². The normalized spacial score (nSPS) is 16.4. The van der Waals surface area contributed by atoms with E-state index in [1.165, 1.54) is 6.92 Å². The summed E-state index contributed by atoms with van der Waals surface area (Å²) < 4.78 is 5.31. The Morgan fingerprint density at radius 3 is 2.54 bits per heavy atom. The van der Waals surface area contributed by atoms with Gasteiger partial charge in [0, 0.05) is 62.9 Å². The van der Waals surface area contributed by atoms with Crippen LogP contribution in [0.2, 0.25) is 0 Å². The van der Waals surface area contributed by atoms with E-state index in [-0.39, 0.29) is 11.5 Å². The van der Waals surface area contributed by atoms with Gasteiger partial charge in [0.25, 0.3) is 0 Å². The van der Waals surface area contributed by atoms with E-state index in [0.29, 0.717) is 11.3 Å². The molecule has 0 saturated carbocycles. The molecule has 2 aromatic rings. The summed E-state index contributed by atoms with van der Waals surface area (Å²) in [5.41, 5.74) is 1.76. The van der Waals surface area contributed by atoms with E-state index in [9.17, 15) is 9.59 Å². The van der Waals surface area contributed by atoms with Gasteiger partial charge in [0.05, 0.1) is 0 Å². The fourth-order valence-electron chi connectivity index (χ4n) is 3.15. The summed E-state index contributed by atoms with van der Waals surface area (Å²) in [4.78, 5) is 27.9. The topological polar surface area (TPSA) is 65.8 Å². The van der Waals surface area contributed by atoms with Gasteiger partial charge in [0.1, 0.15) is 5.58 Å². The Kier molecular flexibility index (Phi) is 4.97. The summed E-state index contributed by atoms with van der Waals surface area (Å²) in [7, 11) is 0. The first-order chi connectivity index (χ1) is 11.5. The molecule has 1 N–H and O–H groups in total. The number of fused-ring (bicyclic) bond motifs is 1. The van der Waals surface area contributed by atoms with Crippen molar-refractivity contribution in [3.63, 3.8) is 0 Å². The van der Waals surface area contributed by atoms with Crippen molar-refractivity contribution in [1.29, 1.82) is 0 Å². The Hall–Kier alpha value is -2.18. The molecule has 0 bridgehead atoms. The van der Waals surface area contributed by atoms with Crippen LogP contribution in [-0.4, -0.2) is 48.4 Å². The van der Waals surface area contributed by atoms with Crippen LogP contribution in [0.1, 0.15) is 19.4 Å². The monoisotopic (exact) mass is 329 g/mol. The van der Waals surface area contributed by atoms with E-state index in [4.69, 9.17) is 4.42 Å². The van der Waals surface area contributed by atoms with Crippen LogP contribution in [-0.2, 0) is 11.3 Å². The minimum absolute atomic E-state index is 0.151. The second kappa shape index (κ2) is 7.15. The van der Waals surface area contributed by atoms with Crippen LogP contribution in [0.25, 0.3) is 11.0 Å². The molecule has 0 aliphatic carbocycles. The molecule has 128 valence electrons. The second-order valence-corrected chi connectivity index (χ2v) is 6.19. The number of hydrogen-bond acceptors (Lipinski definition) is 5. The summed E-state index contributed by atoms with van der Waals surface area (Å²) in [6, 6.07) is 7.02. The lowest BCUT2D eigenvalue weighted by atomic mass is 10.1. The summed E-state index contributed by atoms with van der Waals surface area (Å²) in [6.07, 6.45) is 0. The van der Waals surface area contributed by atoms with Crippen molar-refractivity contribution in [2.75, 3.05) is 38.0 Å². The smallest absolute Gasteiger partial charge is 0.336 e. The molecule has 6 heteroatoms. The summed E-state index contributed by atoms with van der Waals surface area (Å²) in [6.45, 7) is 9.56. The fourth-order valence-corrected chi connectivity index (χ4v) is 3.15. The number of benzene rings is 1. The molecule has 0 spiro atoms. The van der Waals surface area contributed by atoms with Crippen LogP contribution < -0.4 is 10.9 Å². The molecule has 1 saturated heterocycles. The molecule has 1 aliphatic heterocycles. The Balaban J connectivity index is 1.85. The zero-order valence-corrected chi connectivity index (χ0v) is 14.2. The van der Waals surface area contributed by atoms with Crippen LogP contribution in [0.3, 0.4) is 0 Å². The van der Waals surface area contributed by atoms with Crippen molar-refractivity contribution < 1.29 is 9.21 Å². The maximum absolute atomic E-state index is 11.9. The number of amides is 1. The highest BCUT2D eigenvalue weighted by Gasteiger charge is 2.17. The molecule has 2 heterocycles. The highest BCUT2D eigenvalue weighted by Crippen LogP contribution is 2.22. The molecule has 24 heavy (non-hydrogen) atoms. The molecule has 1 aromatic heterocycles. The van der Waals surface area contributed by atoms with Crippen molar-refractivity contribution in [1.82, 2.24) is 9.80 Å². The summed E-state index contributed by atoms with van der Waals surface area (Å²) in [5, 5.41) is 3.63. The van der Waals surface area contributed by atoms with E-state index in [1.54, 1.807) is 12.1 Å². The largest absolute Gasteiger partial charge is 0.423 e. The van der Waals surface area contributed by atoms with E-state index in [0.717, 1.165) is 50.2 Å². The van der Waals surface area contributed by atoms with Crippen molar-refractivity contribution in [2.24, 2.45) is 0 Å². The third-order valence-electron chi connectivity index (χ3n) is 4.46. The molecule has 3 rings (SSSR count). The standard InChI is InChI=1S/C18H23N3O3/c1-3-20-6-8-21(9-7-20)12-14-10-18(23)24-17-11-15(19-13(2)22)4-5-16(14)17/h4-5,10-11H,3,6-9,12H2,1-2H3,(H,19,22). The molecule has 1 fully saturated rings. The molecule has 0 radical (unpaired) electrons. The summed E-state index contributed by atoms with van der Waals surface area (Å²) in [5.74, 6) is -0.151. The number of carbonyl (C=O) groups is 1. The maximum atomic E-state index is 11.9. The number of anilines is 1. The van der Waals surface area contributed by atoms with Gasteiger partial charge < -0.3 is 14.6 Å². The van der Waals surface area contributed by atoms with Gasteiger partial charge >= 0.3 is 5.63 Å². The Labute approximate surface area is 141 Å². The van der Waals surface area contributed by atoms with E-state index in [2.05, 4.69) is 22.0 Å². The highest BCUT2D eigenvalue weighted by molar-refractivity contribution is 5.92. The van der Waals surface area contributed by atoms with Crippen LogP contribution in [0.15, 0.2) is 33.5 Å². The van der Waals surface area contributed by atoms with Gasteiger partial charge in [-0.05, 0) is 24.2 Å². The van der Waals surface area contributed by atoms with Gasteiger partial charge in [0.15, 0.2) is 0 Å². The molecule has 0 unspecified atom stereocenters. The zero-order chi connectivity index (χ0) is 17.1. The third-order valence-corrected chi connectivity index (χ3v) is 4.46. The molecule has 1 amide bonds. The number of hydrogen-bond donors (Lipinski definition) is 1. The van der Waals surface area contributed by atoms with Crippen LogP contribution in [0.4, 0.5) is 5.69 Å². The Morgan fingerprint density at radius 2 is 1.88 bits per heavy atom. The van der Waals surface area contributed by atoms with Crippen molar-refractivity contribution in [2.45, 2.75) is 20.4 Å².